The van der Waals surface area contributed by atoms with Gasteiger partial charge in [0.1, 0.15) is 6.61 Å². The number of pyridine rings is 1. The van der Waals surface area contributed by atoms with E-state index in [4.69, 9.17) is 21.1 Å². The van der Waals surface area contributed by atoms with Crippen LogP contribution in [0.1, 0.15) is 23.6 Å². The van der Waals surface area contributed by atoms with E-state index in [1.807, 2.05) is 61.5 Å². The molecule has 0 atom stereocenters. The summed E-state index contributed by atoms with van der Waals surface area (Å²) in [5.74, 6) is 1.49. The number of benzene rings is 2. The summed E-state index contributed by atoms with van der Waals surface area (Å²) in [5, 5.41) is 4.15. The van der Waals surface area contributed by atoms with E-state index in [-0.39, 0.29) is 12.4 Å². The Morgan fingerprint density at radius 2 is 1.64 bits per heavy atom. The summed E-state index contributed by atoms with van der Waals surface area (Å²) in [7, 11) is 0. The maximum atomic E-state index is 6.25. The predicted octanol–water partition coefficient (Wildman–Crippen LogP) is 5.42. The Hall–Kier alpha value is -2.27. The molecule has 1 N–H and O–H groups in total. The first-order chi connectivity index (χ1) is 13.3. The largest absolute Gasteiger partial charge is 0.490 e. The Kier molecular flexibility index (Phi) is 9.08. The number of halogens is 2. The topological polar surface area (TPSA) is 43.4 Å². The number of ether oxygens (including phenoxy) is 2. The van der Waals surface area contributed by atoms with Gasteiger partial charge in [0.25, 0.3) is 0 Å². The number of nitrogens with zero attached hydrogens (tertiary/aromatic N) is 1. The Labute approximate surface area is 177 Å². The van der Waals surface area contributed by atoms with Crippen molar-refractivity contribution in [2.45, 2.75) is 26.6 Å². The zero-order valence-corrected chi connectivity index (χ0v) is 17.3. The van der Waals surface area contributed by atoms with Crippen molar-refractivity contribution in [3.05, 3.63) is 88.7 Å². The molecule has 1 aromatic heterocycles. The van der Waals surface area contributed by atoms with Crippen molar-refractivity contribution in [3.63, 3.8) is 0 Å². The number of rotatable bonds is 9. The molecule has 28 heavy (non-hydrogen) atoms. The minimum absolute atomic E-state index is 0. The molecule has 0 unspecified atom stereocenters. The molecule has 0 aliphatic heterocycles. The standard InChI is InChI=1S/C22H23ClN2O2.ClH/c1-2-26-21-9-5-7-18(15-25-14-17-10-12-24-13-11-17)22(21)27-16-19-6-3-4-8-20(19)23;/h3-13,25H,2,14-16H2,1H3;1H. The van der Waals surface area contributed by atoms with Gasteiger partial charge in [-0.05, 0) is 36.8 Å². The van der Waals surface area contributed by atoms with Gasteiger partial charge in [-0.25, -0.2) is 0 Å². The SMILES string of the molecule is CCOc1cccc(CNCc2ccncc2)c1OCc1ccccc1Cl.Cl. The molecule has 3 rings (SSSR count). The molecule has 6 heteroatoms. The fraction of sp³-hybridized carbons (Fsp3) is 0.227. The molecule has 3 aromatic rings. The van der Waals surface area contributed by atoms with E-state index in [2.05, 4.69) is 10.3 Å². The van der Waals surface area contributed by atoms with Gasteiger partial charge in [-0.2, -0.15) is 0 Å². The van der Waals surface area contributed by atoms with Crippen LogP contribution >= 0.6 is 24.0 Å². The molecule has 1 heterocycles. The first-order valence-corrected chi connectivity index (χ1v) is 9.36. The second kappa shape index (κ2) is 11.5. The third-order valence-electron chi connectivity index (χ3n) is 4.08. The molecule has 4 nitrogen and oxygen atoms in total. The molecule has 0 radical (unpaired) electrons. The highest BCUT2D eigenvalue weighted by Gasteiger charge is 2.12. The van der Waals surface area contributed by atoms with Crippen molar-refractivity contribution in [1.82, 2.24) is 10.3 Å². The second-order valence-electron chi connectivity index (χ2n) is 6.02. The maximum Gasteiger partial charge on any atom is 0.166 e. The highest BCUT2D eigenvalue weighted by atomic mass is 35.5. The first kappa shape index (κ1) is 22.0. The summed E-state index contributed by atoms with van der Waals surface area (Å²) in [4.78, 5) is 4.04. The minimum atomic E-state index is 0. The van der Waals surface area contributed by atoms with Gasteiger partial charge in [-0.3, -0.25) is 4.98 Å². The number of hydrogen-bond acceptors (Lipinski definition) is 4. The predicted molar refractivity (Wildman–Crippen MR) is 115 cm³/mol. The molecular weight excluding hydrogens is 395 g/mol. The third kappa shape index (κ3) is 6.13. The molecule has 0 aliphatic rings. The average molecular weight is 419 g/mol. The lowest BCUT2D eigenvalue weighted by atomic mass is 10.1. The molecule has 0 bridgehead atoms. The van der Waals surface area contributed by atoms with Crippen LogP contribution in [0.2, 0.25) is 5.02 Å². The van der Waals surface area contributed by atoms with Crippen LogP contribution in [-0.2, 0) is 19.7 Å². The summed E-state index contributed by atoms with van der Waals surface area (Å²) >= 11 is 6.25. The molecule has 0 saturated heterocycles. The summed E-state index contributed by atoms with van der Waals surface area (Å²) in [5.41, 5.74) is 3.17. The van der Waals surface area contributed by atoms with Gasteiger partial charge in [0.05, 0.1) is 6.61 Å². The van der Waals surface area contributed by atoms with Gasteiger partial charge in [0.15, 0.2) is 11.5 Å². The van der Waals surface area contributed by atoms with E-state index < -0.39 is 0 Å². The van der Waals surface area contributed by atoms with Crippen molar-refractivity contribution >= 4 is 24.0 Å². The number of nitrogens with one attached hydrogen (secondary N) is 1. The van der Waals surface area contributed by atoms with Crippen LogP contribution in [0.4, 0.5) is 0 Å². The molecule has 0 saturated carbocycles. The van der Waals surface area contributed by atoms with E-state index in [1.165, 1.54) is 5.56 Å². The lowest BCUT2D eigenvalue weighted by molar-refractivity contribution is 0.266. The van der Waals surface area contributed by atoms with Crippen LogP contribution in [0.25, 0.3) is 0 Å². The van der Waals surface area contributed by atoms with E-state index in [1.54, 1.807) is 12.4 Å². The molecule has 0 aliphatic carbocycles. The summed E-state index contributed by atoms with van der Waals surface area (Å²) in [6, 6.07) is 17.7. The van der Waals surface area contributed by atoms with Gasteiger partial charge in [0, 0.05) is 41.6 Å². The van der Waals surface area contributed by atoms with Gasteiger partial charge in [-0.15, -0.1) is 12.4 Å². The number of hydrogen-bond donors (Lipinski definition) is 1. The molecule has 2 aromatic carbocycles. The molecule has 0 fully saturated rings. The normalized spacial score (nSPS) is 10.2. The average Bonchev–Trinajstić information content (AvgIpc) is 2.70. The minimum Gasteiger partial charge on any atom is -0.490 e. The van der Waals surface area contributed by atoms with Crippen LogP contribution in [-0.4, -0.2) is 11.6 Å². The van der Waals surface area contributed by atoms with E-state index >= 15 is 0 Å². The molecule has 0 amide bonds. The monoisotopic (exact) mass is 418 g/mol. The van der Waals surface area contributed by atoms with Gasteiger partial charge in [0.2, 0.25) is 0 Å². The first-order valence-electron chi connectivity index (χ1n) is 8.98. The van der Waals surface area contributed by atoms with Crippen molar-refractivity contribution in [1.29, 1.82) is 0 Å². The van der Waals surface area contributed by atoms with Crippen LogP contribution in [0.15, 0.2) is 67.0 Å². The van der Waals surface area contributed by atoms with Crippen molar-refractivity contribution < 1.29 is 9.47 Å². The van der Waals surface area contributed by atoms with E-state index in [0.29, 0.717) is 24.8 Å². The van der Waals surface area contributed by atoms with Crippen molar-refractivity contribution in [2.24, 2.45) is 0 Å². The lowest BCUT2D eigenvalue weighted by Crippen LogP contribution is -2.14. The van der Waals surface area contributed by atoms with Gasteiger partial charge in [-0.1, -0.05) is 41.9 Å². The molecular formula is C22H24Cl2N2O2. The highest BCUT2D eigenvalue weighted by Crippen LogP contribution is 2.32. The van der Waals surface area contributed by atoms with E-state index in [9.17, 15) is 0 Å². The zero-order chi connectivity index (χ0) is 18.9. The Balaban J connectivity index is 0.00000280. The van der Waals surface area contributed by atoms with E-state index in [0.717, 1.165) is 29.2 Å². The maximum absolute atomic E-state index is 6.25. The Bertz CT molecular complexity index is 860. The molecule has 148 valence electrons. The number of aromatic nitrogens is 1. The fourth-order valence-electron chi connectivity index (χ4n) is 2.74. The van der Waals surface area contributed by atoms with Crippen LogP contribution < -0.4 is 14.8 Å². The van der Waals surface area contributed by atoms with Crippen LogP contribution in [0, 0.1) is 0 Å². The van der Waals surface area contributed by atoms with Gasteiger partial charge < -0.3 is 14.8 Å². The van der Waals surface area contributed by atoms with Crippen LogP contribution in [0.3, 0.4) is 0 Å². The van der Waals surface area contributed by atoms with Crippen molar-refractivity contribution in [2.75, 3.05) is 6.61 Å². The lowest BCUT2D eigenvalue weighted by Gasteiger charge is -2.17. The Morgan fingerprint density at radius 3 is 2.39 bits per heavy atom. The number of para-hydroxylation sites is 1. The summed E-state index contributed by atoms with van der Waals surface area (Å²) < 4.78 is 11.9. The smallest absolute Gasteiger partial charge is 0.166 e. The zero-order valence-electron chi connectivity index (χ0n) is 15.7. The third-order valence-corrected chi connectivity index (χ3v) is 4.45. The highest BCUT2D eigenvalue weighted by molar-refractivity contribution is 6.31. The summed E-state index contributed by atoms with van der Waals surface area (Å²) in [6.45, 7) is 4.36. The fourth-order valence-corrected chi connectivity index (χ4v) is 2.93. The second-order valence-corrected chi connectivity index (χ2v) is 6.42. The Morgan fingerprint density at radius 1 is 0.893 bits per heavy atom. The van der Waals surface area contributed by atoms with Gasteiger partial charge >= 0.3 is 0 Å². The van der Waals surface area contributed by atoms with Crippen LogP contribution in [0.5, 0.6) is 11.5 Å². The molecule has 0 spiro atoms. The quantitative estimate of drug-likeness (QED) is 0.503. The summed E-state index contributed by atoms with van der Waals surface area (Å²) in [6.07, 6.45) is 3.59. The van der Waals surface area contributed by atoms with Crippen molar-refractivity contribution in [3.8, 4) is 11.5 Å².